The highest BCUT2D eigenvalue weighted by molar-refractivity contribution is 6.30. The molecule has 29 heavy (non-hydrogen) atoms. The molecule has 0 unspecified atom stereocenters. The highest BCUT2D eigenvalue weighted by Gasteiger charge is 2.22. The van der Waals surface area contributed by atoms with E-state index in [0.717, 1.165) is 0 Å². The molecule has 3 aromatic rings. The zero-order chi connectivity index (χ0) is 21.0. The van der Waals surface area contributed by atoms with Crippen molar-refractivity contribution < 1.29 is 23.7 Å². The number of anilines is 1. The molecule has 9 heteroatoms. The highest BCUT2D eigenvalue weighted by Crippen LogP contribution is 2.25. The van der Waals surface area contributed by atoms with Crippen molar-refractivity contribution >= 4 is 34.9 Å². The highest BCUT2D eigenvalue weighted by atomic mass is 35.5. The Hall–Kier alpha value is -3.65. The van der Waals surface area contributed by atoms with Crippen molar-refractivity contribution in [2.75, 3.05) is 5.32 Å². The number of nitro groups is 1. The van der Waals surface area contributed by atoms with Gasteiger partial charge in [-0.05, 0) is 49.4 Å². The van der Waals surface area contributed by atoms with Gasteiger partial charge in [0.15, 0.2) is 6.10 Å². The summed E-state index contributed by atoms with van der Waals surface area (Å²) in [5, 5.41) is 13.8. The van der Waals surface area contributed by atoms with Crippen molar-refractivity contribution in [3.05, 3.63) is 81.6 Å². The molecule has 1 N–H and O–H groups in total. The van der Waals surface area contributed by atoms with E-state index in [0.29, 0.717) is 22.0 Å². The van der Waals surface area contributed by atoms with Gasteiger partial charge in [0.25, 0.3) is 11.6 Å². The Balaban J connectivity index is 1.63. The van der Waals surface area contributed by atoms with Gasteiger partial charge in [0.1, 0.15) is 5.76 Å². The largest absolute Gasteiger partial charge is 0.449 e. The number of hydrogen-bond donors (Lipinski definition) is 1. The minimum Gasteiger partial charge on any atom is -0.449 e. The van der Waals surface area contributed by atoms with Crippen molar-refractivity contribution in [2.24, 2.45) is 0 Å². The molecule has 0 saturated carbocycles. The van der Waals surface area contributed by atoms with Gasteiger partial charge in [-0.2, -0.15) is 0 Å². The normalized spacial score (nSPS) is 11.5. The lowest BCUT2D eigenvalue weighted by molar-refractivity contribution is -0.384. The zero-order valence-corrected chi connectivity index (χ0v) is 15.9. The van der Waals surface area contributed by atoms with Crippen molar-refractivity contribution in [2.45, 2.75) is 13.0 Å². The number of nitrogens with zero attached hydrogens (tertiary/aromatic N) is 1. The van der Waals surface area contributed by atoms with Gasteiger partial charge in [-0.25, -0.2) is 4.79 Å². The van der Waals surface area contributed by atoms with E-state index in [-0.39, 0.29) is 11.4 Å². The quantitative estimate of drug-likeness (QED) is 0.355. The van der Waals surface area contributed by atoms with Gasteiger partial charge in [0.05, 0.1) is 4.92 Å². The molecule has 2 aromatic carbocycles. The van der Waals surface area contributed by atoms with Crippen molar-refractivity contribution in [3.63, 3.8) is 0 Å². The molecule has 0 bridgehead atoms. The van der Waals surface area contributed by atoms with Crippen LogP contribution < -0.4 is 5.32 Å². The molecule has 8 nitrogen and oxygen atoms in total. The van der Waals surface area contributed by atoms with Crippen LogP contribution >= 0.6 is 11.6 Å². The topological polar surface area (TPSA) is 112 Å². The fourth-order valence-electron chi connectivity index (χ4n) is 2.43. The van der Waals surface area contributed by atoms with Crippen LogP contribution in [0.3, 0.4) is 0 Å². The number of amides is 1. The second-order valence-corrected chi connectivity index (χ2v) is 6.45. The number of carbonyl (C=O) groups is 2. The lowest BCUT2D eigenvalue weighted by Crippen LogP contribution is -2.29. The van der Waals surface area contributed by atoms with Crippen LogP contribution in [0.1, 0.15) is 17.5 Å². The second-order valence-electron chi connectivity index (χ2n) is 6.02. The molecule has 148 valence electrons. The van der Waals surface area contributed by atoms with E-state index in [2.05, 4.69) is 5.32 Å². The number of non-ortho nitro benzene ring substituents is 1. The summed E-state index contributed by atoms with van der Waals surface area (Å²) >= 11 is 5.87. The molecule has 1 atom stereocenters. The fraction of sp³-hybridized carbons (Fsp3) is 0.100. The maximum Gasteiger partial charge on any atom is 0.375 e. The third-order valence-corrected chi connectivity index (χ3v) is 4.15. The van der Waals surface area contributed by atoms with Gasteiger partial charge < -0.3 is 14.5 Å². The average Bonchev–Trinajstić information content (AvgIpc) is 3.18. The van der Waals surface area contributed by atoms with Crippen LogP contribution in [-0.2, 0) is 9.53 Å². The van der Waals surface area contributed by atoms with Crippen LogP contribution in [-0.4, -0.2) is 22.9 Å². The molecule has 0 aliphatic heterocycles. The predicted molar refractivity (Wildman–Crippen MR) is 106 cm³/mol. The number of hydrogen-bond acceptors (Lipinski definition) is 6. The Morgan fingerprint density at radius 1 is 1.14 bits per heavy atom. The number of carbonyl (C=O) groups excluding carboxylic acids is 2. The first-order valence-electron chi connectivity index (χ1n) is 8.45. The fourth-order valence-corrected chi connectivity index (χ4v) is 2.62. The summed E-state index contributed by atoms with van der Waals surface area (Å²) in [7, 11) is 0. The molecular weight excluding hydrogens is 400 g/mol. The van der Waals surface area contributed by atoms with Crippen LogP contribution in [0.5, 0.6) is 0 Å². The van der Waals surface area contributed by atoms with Crippen molar-refractivity contribution in [1.29, 1.82) is 0 Å². The van der Waals surface area contributed by atoms with Crippen molar-refractivity contribution in [1.82, 2.24) is 0 Å². The maximum atomic E-state index is 12.2. The minimum absolute atomic E-state index is 0.0560. The summed E-state index contributed by atoms with van der Waals surface area (Å²) in [4.78, 5) is 34.6. The van der Waals surface area contributed by atoms with Gasteiger partial charge >= 0.3 is 5.97 Å². The molecule has 3 rings (SSSR count). The number of benzene rings is 2. The summed E-state index contributed by atoms with van der Waals surface area (Å²) in [5.41, 5.74) is 0.977. The number of nitrogens with one attached hydrogen (secondary N) is 1. The molecule has 0 aliphatic carbocycles. The van der Waals surface area contributed by atoms with Crippen LogP contribution in [0.2, 0.25) is 5.02 Å². The first-order valence-corrected chi connectivity index (χ1v) is 8.83. The number of esters is 1. The molecule has 1 amide bonds. The number of furan rings is 1. The lowest BCUT2D eigenvalue weighted by Gasteiger charge is -2.12. The van der Waals surface area contributed by atoms with Crippen LogP contribution in [0.15, 0.2) is 65.1 Å². The number of ether oxygens (including phenoxy) is 1. The van der Waals surface area contributed by atoms with Crippen LogP contribution in [0.25, 0.3) is 11.3 Å². The molecule has 0 aliphatic rings. The van der Waals surface area contributed by atoms with E-state index in [9.17, 15) is 19.7 Å². The van der Waals surface area contributed by atoms with E-state index in [1.54, 1.807) is 24.3 Å². The Labute approximate surface area is 170 Å². The third-order valence-electron chi connectivity index (χ3n) is 3.92. The summed E-state index contributed by atoms with van der Waals surface area (Å²) in [6.07, 6.45) is -1.07. The Morgan fingerprint density at radius 3 is 2.52 bits per heavy atom. The zero-order valence-electron chi connectivity index (χ0n) is 15.1. The number of rotatable bonds is 6. The van der Waals surface area contributed by atoms with Gasteiger partial charge in [-0.1, -0.05) is 17.7 Å². The monoisotopic (exact) mass is 414 g/mol. The van der Waals surface area contributed by atoms with E-state index >= 15 is 0 Å². The average molecular weight is 415 g/mol. The van der Waals surface area contributed by atoms with Gasteiger partial charge in [-0.15, -0.1) is 0 Å². The molecule has 0 saturated heterocycles. The van der Waals surface area contributed by atoms with Gasteiger partial charge in [0, 0.05) is 28.4 Å². The molecule has 0 radical (unpaired) electrons. The SMILES string of the molecule is C[C@H](OC(=O)c1ccc(-c2ccc([N+](=O)[O-])cc2)o1)C(=O)Nc1cccc(Cl)c1. The molecular formula is C20H15ClN2O6. The van der Waals surface area contributed by atoms with Gasteiger partial charge in [-0.3, -0.25) is 14.9 Å². The minimum atomic E-state index is -1.07. The second kappa shape index (κ2) is 8.57. The van der Waals surface area contributed by atoms with E-state index in [1.165, 1.54) is 43.3 Å². The standard InChI is InChI=1S/C20H15ClN2O6/c1-12(19(24)22-15-4-2-3-14(21)11-15)28-20(25)18-10-9-17(29-18)13-5-7-16(8-6-13)23(26)27/h2-12H,1H3,(H,22,24)/t12-/m0/s1. The Bertz CT molecular complexity index is 1060. The summed E-state index contributed by atoms with van der Waals surface area (Å²) in [6, 6.07) is 15.2. The third kappa shape index (κ3) is 4.99. The predicted octanol–water partition coefficient (Wildman–Crippen LogP) is 4.69. The van der Waals surface area contributed by atoms with Crippen molar-refractivity contribution in [3.8, 4) is 11.3 Å². The van der Waals surface area contributed by atoms with E-state index < -0.39 is 22.9 Å². The smallest absolute Gasteiger partial charge is 0.375 e. The number of nitro benzene ring substituents is 1. The first kappa shape index (κ1) is 20.1. The molecule has 1 heterocycles. The summed E-state index contributed by atoms with van der Waals surface area (Å²) < 4.78 is 10.6. The lowest BCUT2D eigenvalue weighted by atomic mass is 10.1. The number of halogens is 1. The summed E-state index contributed by atoms with van der Waals surface area (Å²) in [5.74, 6) is -1.10. The molecule has 1 aromatic heterocycles. The first-order chi connectivity index (χ1) is 13.8. The van der Waals surface area contributed by atoms with E-state index in [1.807, 2.05) is 0 Å². The summed E-state index contributed by atoms with van der Waals surface area (Å²) in [6.45, 7) is 1.43. The molecule has 0 fully saturated rings. The van der Waals surface area contributed by atoms with Gasteiger partial charge in [0.2, 0.25) is 5.76 Å². The van der Waals surface area contributed by atoms with Crippen LogP contribution in [0.4, 0.5) is 11.4 Å². The maximum absolute atomic E-state index is 12.2. The van der Waals surface area contributed by atoms with E-state index in [4.69, 9.17) is 20.8 Å². The van der Waals surface area contributed by atoms with Crippen LogP contribution in [0, 0.1) is 10.1 Å². The Kier molecular flexibility index (Phi) is 5.94. The Morgan fingerprint density at radius 2 is 1.86 bits per heavy atom. The molecule has 0 spiro atoms.